The Balaban J connectivity index is 1.64. The fourth-order valence-electron chi connectivity index (χ4n) is 3.53. The summed E-state index contributed by atoms with van der Waals surface area (Å²) in [7, 11) is 0. The smallest absolute Gasteiger partial charge is 0.265 e. The lowest BCUT2D eigenvalue weighted by atomic mass is 10.1. The first-order chi connectivity index (χ1) is 15.6. The Kier molecular flexibility index (Phi) is 5.31. The highest BCUT2D eigenvalue weighted by Gasteiger charge is 2.16. The molecule has 32 heavy (non-hydrogen) atoms. The molecule has 0 aliphatic carbocycles. The Morgan fingerprint density at radius 3 is 2.50 bits per heavy atom. The number of thiazole rings is 1. The van der Waals surface area contributed by atoms with E-state index in [1.165, 1.54) is 15.9 Å². The highest BCUT2D eigenvalue weighted by molar-refractivity contribution is 7.13. The van der Waals surface area contributed by atoms with Gasteiger partial charge in [0.05, 0.1) is 16.9 Å². The lowest BCUT2D eigenvalue weighted by molar-refractivity contribution is 0.436. The Morgan fingerprint density at radius 1 is 0.969 bits per heavy atom. The average Bonchev–Trinajstić information content (AvgIpc) is 3.29. The minimum absolute atomic E-state index is 0.209. The molecular formula is C25H16ClN3O2S. The van der Waals surface area contributed by atoms with E-state index in [2.05, 4.69) is 9.98 Å². The molecular weight excluding hydrogens is 442 g/mol. The van der Waals surface area contributed by atoms with Crippen LogP contribution in [0.2, 0.25) is 5.02 Å². The molecule has 0 atom stereocenters. The van der Waals surface area contributed by atoms with Gasteiger partial charge in [0.25, 0.3) is 5.56 Å². The molecule has 1 N–H and O–H groups in total. The summed E-state index contributed by atoms with van der Waals surface area (Å²) in [6.45, 7) is 0. The first kappa shape index (κ1) is 20.2. The van der Waals surface area contributed by atoms with Gasteiger partial charge in [0.1, 0.15) is 0 Å². The standard InChI is InChI=1S/C25H16ClN3O2S/c26-17-9-6-10-18(13-17)29-23(30)20-12-5-4-11-19(20)21(24(29)31)14-27-25-28-22(15-32-25)16-7-2-1-3-8-16/h1-15,31H. The van der Waals surface area contributed by atoms with E-state index >= 15 is 0 Å². The van der Waals surface area contributed by atoms with Crippen molar-refractivity contribution in [3.8, 4) is 22.8 Å². The zero-order chi connectivity index (χ0) is 22.1. The van der Waals surface area contributed by atoms with Crippen LogP contribution in [0.4, 0.5) is 5.13 Å². The molecule has 0 saturated carbocycles. The Hall–Kier alpha value is -3.74. The van der Waals surface area contributed by atoms with Crippen molar-refractivity contribution in [3.63, 3.8) is 0 Å². The van der Waals surface area contributed by atoms with Gasteiger partial charge in [-0.2, -0.15) is 0 Å². The van der Waals surface area contributed by atoms with Gasteiger partial charge in [0, 0.05) is 33.0 Å². The molecule has 5 rings (SSSR count). The number of rotatable bonds is 4. The van der Waals surface area contributed by atoms with Gasteiger partial charge in [-0.3, -0.25) is 4.79 Å². The fraction of sp³-hybridized carbons (Fsp3) is 0. The number of hydrogen-bond acceptors (Lipinski definition) is 5. The zero-order valence-corrected chi connectivity index (χ0v) is 18.2. The normalized spacial score (nSPS) is 11.4. The van der Waals surface area contributed by atoms with E-state index in [0.29, 0.717) is 32.2 Å². The van der Waals surface area contributed by atoms with Crippen molar-refractivity contribution in [1.29, 1.82) is 0 Å². The molecule has 5 nitrogen and oxygen atoms in total. The summed E-state index contributed by atoms with van der Waals surface area (Å²) < 4.78 is 1.24. The molecule has 0 aliphatic heterocycles. The van der Waals surface area contributed by atoms with Crippen molar-refractivity contribution in [2.24, 2.45) is 4.99 Å². The fourth-order valence-corrected chi connectivity index (χ4v) is 4.38. The molecule has 3 aromatic carbocycles. The molecule has 156 valence electrons. The number of benzene rings is 3. The summed E-state index contributed by atoms with van der Waals surface area (Å²) >= 11 is 7.53. The maximum atomic E-state index is 13.2. The van der Waals surface area contributed by atoms with Gasteiger partial charge in [-0.15, -0.1) is 11.3 Å². The van der Waals surface area contributed by atoms with Gasteiger partial charge in [-0.05, 0) is 24.3 Å². The molecule has 0 radical (unpaired) electrons. The quantitative estimate of drug-likeness (QED) is 0.325. The van der Waals surface area contributed by atoms with Crippen molar-refractivity contribution < 1.29 is 5.11 Å². The van der Waals surface area contributed by atoms with Crippen LogP contribution in [0.1, 0.15) is 5.56 Å². The van der Waals surface area contributed by atoms with Crippen LogP contribution in [0.3, 0.4) is 0 Å². The Morgan fingerprint density at radius 2 is 1.72 bits per heavy atom. The maximum Gasteiger partial charge on any atom is 0.265 e. The molecule has 0 unspecified atom stereocenters. The summed E-state index contributed by atoms with van der Waals surface area (Å²) in [5.74, 6) is -0.209. The van der Waals surface area contributed by atoms with Gasteiger partial charge in [-0.1, -0.05) is 66.2 Å². The number of aromatic nitrogens is 2. The van der Waals surface area contributed by atoms with E-state index in [9.17, 15) is 9.90 Å². The van der Waals surface area contributed by atoms with E-state index < -0.39 is 0 Å². The first-order valence-electron chi connectivity index (χ1n) is 9.79. The third kappa shape index (κ3) is 3.70. The Bertz CT molecular complexity index is 1520. The second-order valence-electron chi connectivity index (χ2n) is 7.04. The molecule has 2 aromatic heterocycles. The van der Waals surface area contributed by atoms with Gasteiger partial charge in [-0.25, -0.2) is 14.5 Å². The molecule has 2 heterocycles. The van der Waals surface area contributed by atoms with E-state index in [-0.39, 0.29) is 11.4 Å². The highest BCUT2D eigenvalue weighted by atomic mass is 35.5. The second-order valence-corrected chi connectivity index (χ2v) is 8.32. The van der Waals surface area contributed by atoms with Crippen LogP contribution in [0, 0.1) is 0 Å². The van der Waals surface area contributed by atoms with Crippen LogP contribution in [0.5, 0.6) is 5.88 Å². The average molecular weight is 458 g/mol. The number of fused-ring (bicyclic) bond motifs is 1. The van der Waals surface area contributed by atoms with Crippen LogP contribution in [0.15, 0.2) is 94.0 Å². The van der Waals surface area contributed by atoms with Crippen molar-refractivity contribution in [2.75, 3.05) is 0 Å². The number of aliphatic imine (C=N–C) groups is 1. The second kappa shape index (κ2) is 8.42. The van der Waals surface area contributed by atoms with Crippen molar-refractivity contribution in [3.05, 3.63) is 105 Å². The number of nitrogens with zero attached hydrogens (tertiary/aromatic N) is 3. The van der Waals surface area contributed by atoms with Crippen LogP contribution in [-0.2, 0) is 0 Å². The summed E-state index contributed by atoms with van der Waals surface area (Å²) in [6, 6.07) is 23.8. The molecule has 0 amide bonds. The Labute approximate surface area is 192 Å². The largest absolute Gasteiger partial charge is 0.494 e. The summed E-state index contributed by atoms with van der Waals surface area (Å²) in [5, 5.41) is 15.1. The number of hydrogen-bond donors (Lipinski definition) is 1. The molecule has 0 fully saturated rings. The molecule has 0 aliphatic rings. The van der Waals surface area contributed by atoms with E-state index in [4.69, 9.17) is 11.6 Å². The number of aromatic hydroxyl groups is 1. The SMILES string of the molecule is O=c1c2ccccc2c(C=Nc2nc(-c3ccccc3)cs2)c(O)n1-c1cccc(Cl)c1. The summed E-state index contributed by atoms with van der Waals surface area (Å²) in [5.41, 5.74) is 2.41. The zero-order valence-electron chi connectivity index (χ0n) is 16.6. The van der Waals surface area contributed by atoms with E-state index in [1.807, 2.05) is 41.8 Å². The predicted molar refractivity (Wildman–Crippen MR) is 131 cm³/mol. The molecule has 7 heteroatoms. The highest BCUT2D eigenvalue weighted by Crippen LogP contribution is 2.29. The van der Waals surface area contributed by atoms with E-state index in [0.717, 1.165) is 11.3 Å². The van der Waals surface area contributed by atoms with Gasteiger partial charge < -0.3 is 5.11 Å². The number of pyridine rings is 1. The van der Waals surface area contributed by atoms with Crippen LogP contribution < -0.4 is 5.56 Å². The van der Waals surface area contributed by atoms with Crippen LogP contribution in [-0.4, -0.2) is 20.9 Å². The lowest BCUT2D eigenvalue weighted by Gasteiger charge is -2.13. The predicted octanol–water partition coefficient (Wildman–Crippen LogP) is 6.22. The lowest BCUT2D eigenvalue weighted by Crippen LogP contribution is -2.20. The minimum Gasteiger partial charge on any atom is -0.494 e. The van der Waals surface area contributed by atoms with Gasteiger partial charge in [0.2, 0.25) is 11.0 Å². The molecule has 5 aromatic rings. The molecule has 0 bridgehead atoms. The third-order valence-corrected chi connectivity index (χ3v) is 6.02. The topological polar surface area (TPSA) is 67.5 Å². The molecule has 0 saturated heterocycles. The van der Waals surface area contributed by atoms with Crippen LogP contribution in [0.25, 0.3) is 27.7 Å². The van der Waals surface area contributed by atoms with Gasteiger partial charge in [0.15, 0.2) is 0 Å². The minimum atomic E-state index is -0.335. The van der Waals surface area contributed by atoms with Gasteiger partial charge >= 0.3 is 0 Å². The summed E-state index contributed by atoms with van der Waals surface area (Å²) in [4.78, 5) is 22.2. The van der Waals surface area contributed by atoms with Crippen molar-refractivity contribution >= 4 is 45.1 Å². The number of halogens is 1. The molecule has 0 spiro atoms. The monoisotopic (exact) mass is 457 g/mol. The maximum absolute atomic E-state index is 13.2. The first-order valence-corrected chi connectivity index (χ1v) is 11.1. The van der Waals surface area contributed by atoms with E-state index in [1.54, 1.807) is 48.7 Å². The summed E-state index contributed by atoms with van der Waals surface area (Å²) in [6.07, 6.45) is 1.55. The third-order valence-electron chi connectivity index (χ3n) is 5.04. The van der Waals surface area contributed by atoms with Crippen molar-refractivity contribution in [1.82, 2.24) is 9.55 Å². The van der Waals surface area contributed by atoms with Crippen molar-refractivity contribution in [2.45, 2.75) is 0 Å². The van der Waals surface area contributed by atoms with Crippen LogP contribution >= 0.6 is 22.9 Å².